The Labute approximate surface area is 198 Å². The summed E-state index contributed by atoms with van der Waals surface area (Å²) >= 11 is 0. The van der Waals surface area contributed by atoms with E-state index >= 15 is 0 Å². The van der Waals surface area contributed by atoms with Gasteiger partial charge in [-0.1, -0.05) is 6.07 Å². The van der Waals surface area contributed by atoms with Gasteiger partial charge in [-0.25, -0.2) is 8.42 Å². The van der Waals surface area contributed by atoms with Crippen LogP contribution in [-0.2, 0) is 10.0 Å². The van der Waals surface area contributed by atoms with Gasteiger partial charge in [0.1, 0.15) is 11.5 Å². The molecule has 2 amide bonds. The maximum absolute atomic E-state index is 12.6. The lowest BCUT2D eigenvalue weighted by Crippen LogP contribution is -2.41. The van der Waals surface area contributed by atoms with E-state index in [2.05, 4.69) is 15.6 Å². The van der Waals surface area contributed by atoms with Crippen molar-refractivity contribution in [3.63, 3.8) is 0 Å². The summed E-state index contributed by atoms with van der Waals surface area (Å²) in [6, 6.07) is 16.7. The highest BCUT2D eigenvalue weighted by atomic mass is 32.2. The van der Waals surface area contributed by atoms with Crippen molar-refractivity contribution in [2.24, 2.45) is 0 Å². The number of carbonyl (C=O) groups is 2. The Kier molecular flexibility index (Phi) is 7.75. The third kappa shape index (κ3) is 6.04. The van der Waals surface area contributed by atoms with E-state index in [1.165, 1.54) is 43.5 Å². The third-order valence-corrected chi connectivity index (χ3v) is 6.20. The smallest absolute Gasteiger partial charge is 0.269 e. The van der Waals surface area contributed by atoms with Gasteiger partial charge in [-0.2, -0.15) is 0 Å². The lowest BCUT2D eigenvalue weighted by Gasteiger charge is -2.11. The summed E-state index contributed by atoms with van der Waals surface area (Å²) in [5, 5.41) is 0. The number of aryl methyl sites for hydroxylation is 1. The van der Waals surface area contributed by atoms with E-state index in [0.717, 1.165) is 5.56 Å². The minimum Gasteiger partial charge on any atom is -0.496 e. The minimum atomic E-state index is -3.81. The molecule has 0 saturated carbocycles. The molecule has 0 saturated heterocycles. The Hall–Kier alpha value is -4.05. The Morgan fingerprint density at radius 2 is 1.44 bits per heavy atom. The SMILES string of the molecule is CCOc1ccc(S(=O)(=O)Nc2ccc(C(=O)NNC(=O)c3ccc(C)c(OC)c3)cc2)cc1. The van der Waals surface area contributed by atoms with Crippen LogP contribution in [-0.4, -0.2) is 33.9 Å². The lowest BCUT2D eigenvalue weighted by atomic mass is 10.1. The second-order valence-corrected chi connectivity index (χ2v) is 8.86. The van der Waals surface area contributed by atoms with Crippen LogP contribution < -0.4 is 25.0 Å². The molecular weight excluding hydrogens is 458 g/mol. The van der Waals surface area contributed by atoms with Gasteiger partial charge >= 0.3 is 0 Å². The first-order chi connectivity index (χ1) is 16.2. The van der Waals surface area contributed by atoms with Crippen molar-refractivity contribution in [1.29, 1.82) is 0 Å². The fraction of sp³-hybridized carbons (Fsp3) is 0.167. The number of sulfonamides is 1. The van der Waals surface area contributed by atoms with E-state index < -0.39 is 21.8 Å². The van der Waals surface area contributed by atoms with Crippen LogP contribution in [0.25, 0.3) is 0 Å². The van der Waals surface area contributed by atoms with Crippen LogP contribution in [0.3, 0.4) is 0 Å². The van der Waals surface area contributed by atoms with Crippen molar-refractivity contribution in [2.75, 3.05) is 18.4 Å². The molecule has 0 unspecified atom stereocenters. The topological polar surface area (TPSA) is 123 Å². The first-order valence-corrected chi connectivity index (χ1v) is 11.8. The maximum Gasteiger partial charge on any atom is 0.269 e. The molecule has 0 heterocycles. The molecule has 0 radical (unpaired) electrons. The second-order valence-electron chi connectivity index (χ2n) is 7.18. The molecule has 0 aliphatic rings. The van der Waals surface area contributed by atoms with Crippen molar-refractivity contribution >= 4 is 27.5 Å². The van der Waals surface area contributed by atoms with Crippen LogP contribution in [0.4, 0.5) is 5.69 Å². The number of amides is 2. The molecule has 34 heavy (non-hydrogen) atoms. The molecule has 0 aromatic heterocycles. The molecule has 0 atom stereocenters. The number of hydrogen-bond donors (Lipinski definition) is 3. The summed E-state index contributed by atoms with van der Waals surface area (Å²) in [4.78, 5) is 24.7. The van der Waals surface area contributed by atoms with Gasteiger partial charge in [0, 0.05) is 16.8 Å². The predicted molar refractivity (Wildman–Crippen MR) is 128 cm³/mol. The van der Waals surface area contributed by atoms with E-state index in [4.69, 9.17) is 9.47 Å². The van der Waals surface area contributed by atoms with Gasteiger partial charge in [0.05, 0.1) is 18.6 Å². The van der Waals surface area contributed by atoms with Crippen molar-refractivity contribution < 1.29 is 27.5 Å². The highest BCUT2D eigenvalue weighted by molar-refractivity contribution is 7.92. The fourth-order valence-electron chi connectivity index (χ4n) is 3.00. The Morgan fingerprint density at radius 1 is 0.853 bits per heavy atom. The van der Waals surface area contributed by atoms with E-state index in [-0.39, 0.29) is 16.1 Å². The molecule has 178 valence electrons. The summed E-state index contributed by atoms with van der Waals surface area (Å²) in [7, 11) is -2.30. The molecule has 0 spiro atoms. The number of methoxy groups -OCH3 is 1. The predicted octanol–water partition coefficient (Wildman–Crippen LogP) is 3.28. The number of nitrogens with one attached hydrogen (secondary N) is 3. The Morgan fingerprint density at radius 3 is 2.03 bits per heavy atom. The van der Waals surface area contributed by atoms with Gasteiger partial charge in [-0.15, -0.1) is 0 Å². The normalized spacial score (nSPS) is 10.8. The molecule has 0 aliphatic carbocycles. The lowest BCUT2D eigenvalue weighted by molar-refractivity contribution is 0.0846. The van der Waals surface area contributed by atoms with Crippen LogP contribution in [0.1, 0.15) is 33.2 Å². The van der Waals surface area contributed by atoms with Gasteiger partial charge in [0.25, 0.3) is 21.8 Å². The number of rotatable bonds is 8. The summed E-state index contributed by atoms with van der Waals surface area (Å²) in [5.74, 6) is 0.0624. The number of benzene rings is 3. The zero-order valence-electron chi connectivity index (χ0n) is 18.9. The molecule has 3 N–H and O–H groups in total. The molecule has 3 aromatic carbocycles. The zero-order valence-corrected chi connectivity index (χ0v) is 19.7. The van der Waals surface area contributed by atoms with Crippen molar-refractivity contribution in [2.45, 2.75) is 18.7 Å². The van der Waals surface area contributed by atoms with Crippen LogP contribution in [0.2, 0.25) is 0 Å². The van der Waals surface area contributed by atoms with Crippen molar-refractivity contribution in [3.8, 4) is 11.5 Å². The molecular formula is C24H25N3O6S. The first-order valence-electron chi connectivity index (χ1n) is 10.3. The quantitative estimate of drug-likeness (QED) is 0.423. The standard InChI is InChI=1S/C24H25N3O6S/c1-4-33-20-11-13-21(14-12-20)34(30,31)27-19-9-7-17(8-10-19)23(28)25-26-24(29)18-6-5-16(2)22(15-18)32-3/h5-15,27H,4H2,1-3H3,(H,25,28)(H,26,29). The van der Waals surface area contributed by atoms with Crippen LogP contribution >= 0.6 is 0 Å². The number of ether oxygens (including phenoxy) is 2. The van der Waals surface area contributed by atoms with Crippen molar-refractivity contribution in [1.82, 2.24) is 10.9 Å². The molecule has 0 aliphatic heterocycles. The average molecular weight is 484 g/mol. The van der Waals surface area contributed by atoms with Crippen LogP contribution in [0.5, 0.6) is 11.5 Å². The summed E-state index contributed by atoms with van der Waals surface area (Å²) < 4.78 is 38.1. The maximum atomic E-state index is 12.6. The average Bonchev–Trinajstić information content (AvgIpc) is 2.83. The van der Waals surface area contributed by atoms with Gasteiger partial charge in [0.15, 0.2) is 0 Å². The summed E-state index contributed by atoms with van der Waals surface area (Å²) in [5.41, 5.74) is 6.37. The number of hydrazine groups is 1. The Balaban J connectivity index is 1.60. The van der Waals surface area contributed by atoms with Gasteiger partial charge in [0.2, 0.25) is 0 Å². The highest BCUT2D eigenvalue weighted by Gasteiger charge is 2.15. The summed E-state index contributed by atoms with van der Waals surface area (Å²) in [6.45, 7) is 4.17. The second kappa shape index (κ2) is 10.7. The third-order valence-electron chi connectivity index (χ3n) is 4.80. The minimum absolute atomic E-state index is 0.0771. The van der Waals surface area contributed by atoms with Crippen LogP contribution in [0.15, 0.2) is 71.6 Å². The van der Waals surface area contributed by atoms with E-state index in [0.29, 0.717) is 23.7 Å². The van der Waals surface area contributed by atoms with E-state index in [9.17, 15) is 18.0 Å². The summed E-state index contributed by atoms with van der Waals surface area (Å²) in [6.07, 6.45) is 0. The van der Waals surface area contributed by atoms with Gasteiger partial charge in [-0.3, -0.25) is 25.2 Å². The monoisotopic (exact) mass is 483 g/mol. The number of hydrogen-bond acceptors (Lipinski definition) is 6. The fourth-order valence-corrected chi connectivity index (χ4v) is 4.06. The number of carbonyl (C=O) groups excluding carboxylic acids is 2. The Bertz CT molecular complexity index is 1270. The molecule has 3 rings (SSSR count). The highest BCUT2D eigenvalue weighted by Crippen LogP contribution is 2.20. The van der Waals surface area contributed by atoms with E-state index in [1.54, 1.807) is 30.3 Å². The van der Waals surface area contributed by atoms with E-state index in [1.807, 2.05) is 13.8 Å². The molecule has 10 heteroatoms. The first kappa shape index (κ1) is 24.6. The van der Waals surface area contributed by atoms with Gasteiger partial charge in [-0.05, 0) is 80.1 Å². The molecule has 9 nitrogen and oxygen atoms in total. The molecule has 0 bridgehead atoms. The van der Waals surface area contributed by atoms with Crippen LogP contribution in [0, 0.1) is 6.92 Å². The molecule has 0 fully saturated rings. The zero-order chi connectivity index (χ0) is 24.7. The van der Waals surface area contributed by atoms with Gasteiger partial charge < -0.3 is 9.47 Å². The number of anilines is 1. The van der Waals surface area contributed by atoms with Crippen molar-refractivity contribution in [3.05, 3.63) is 83.4 Å². The largest absolute Gasteiger partial charge is 0.496 e. The molecule has 3 aromatic rings.